The topological polar surface area (TPSA) is 57.8 Å². The largest absolute Gasteiger partial charge is 1.00 e. The van der Waals surface area contributed by atoms with Gasteiger partial charge in [-0.1, -0.05) is 54.6 Å². The molecule has 142 valence electrons. The van der Waals surface area contributed by atoms with Crippen molar-refractivity contribution in [2.75, 3.05) is 12.8 Å². The molecule has 3 nitrogen and oxygen atoms in total. The molecule has 0 atom stereocenters. The molecule has 3 aromatic carbocycles. The SMILES string of the molecule is CCOC(=O)C[P+](c1ccccc1)(c1ccccc1)c1ccccc1.O.[Cl-]. The molecule has 0 aliphatic rings. The van der Waals surface area contributed by atoms with Crippen LogP contribution in [0.25, 0.3) is 0 Å². The van der Waals surface area contributed by atoms with Crippen LogP contribution in [0.4, 0.5) is 0 Å². The molecule has 0 aliphatic carbocycles. The molecular weight excluding hydrogens is 379 g/mol. The Kier molecular flexibility index (Phi) is 9.17. The molecule has 3 rings (SSSR count). The number of rotatable bonds is 6. The van der Waals surface area contributed by atoms with Gasteiger partial charge in [-0.25, -0.2) is 4.79 Å². The minimum absolute atomic E-state index is 0. The predicted molar refractivity (Wildman–Crippen MR) is 110 cm³/mol. The van der Waals surface area contributed by atoms with Crippen LogP contribution in [0.3, 0.4) is 0 Å². The zero-order valence-corrected chi connectivity index (χ0v) is 16.9. The van der Waals surface area contributed by atoms with Crippen molar-refractivity contribution < 1.29 is 27.4 Å². The zero-order chi connectivity index (χ0) is 17.5. The van der Waals surface area contributed by atoms with Crippen molar-refractivity contribution in [2.45, 2.75) is 6.92 Å². The standard InChI is InChI=1S/C22H22O2P.ClH.H2O/c1-2-24-22(23)18-25(19-12-6-3-7-13-19,20-14-8-4-9-15-20)21-16-10-5-11-17-21;;/h3-17H,2,18H2,1H3;1H;1H2/q+1;;/p-1. The Labute approximate surface area is 167 Å². The second-order valence-electron chi connectivity index (χ2n) is 5.78. The number of carbonyl (C=O) groups is 1. The van der Waals surface area contributed by atoms with E-state index in [4.69, 9.17) is 4.74 Å². The molecule has 27 heavy (non-hydrogen) atoms. The van der Waals surface area contributed by atoms with E-state index in [0.29, 0.717) is 12.8 Å². The molecule has 0 fully saturated rings. The summed E-state index contributed by atoms with van der Waals surface area (Å²) in [7, 11) is -2.11. The second kappa shape index (κ2) is 10.8. The first kappa shape index (κ1) is 22.9. The van der Waals surface area contributed by atoms with E-state index < -0.39 is 7.26 Å². The van der Waals surface area contributed by atoms with Gasteiger partial charge < -0.3 is 22.6 Å². The number of halogens is 1. The number of esters is 1. The van der Waals surface area contributed by atoms with Crippen molar-refractivity contribution in [3.05, 3.63) is 91.0 Å². The number of hydrogen-bond acceptors (Lipinski definition) is 2. The summed E-state index contributed by atoms with van der Waals surface area (Å²) in [6.45, 7) is 2.25. The highest BCUT2D eigenvalue weighted by atomic mass is 35.5. The highest BCUT2D eigenvalue weighted by molar-refractivity contribution is 7.96. The third kappa shape index (κ3) is 4.95. The minimum Gasteiger partial charge on any atom is -1.00 e. The Morgan fingerprint density at radius 3 is 1.37 bits per heavy atom. The molecule has 0 radical (unpaired) electrons. The molecule has 0 unspecified atom stereocenters. The lowest BCUT2D eigenvalue weighted by Gasteiger charge is -2.26. The first-order chi connectivity index (χ1) is 12.3. The maximum atomic E-state index is 12.6. The maximum absolute atomic E-state index is 12.6. The van der Waals surface area contributed by atoms with Crippen molar-refractivity contribution in [3.8, 4) is 0 Å². The second-order valence-corrected chi connectivity index (χ2v) is 9.26. The lowest BCUT2D eigenvalue weighted by Crippen LogP contribution is -3.00. The van der Waals surface area contributed by atoms with Crippen LogP contribution in [0.2, 0.25) is 0 Å². The normalized spacial score (nSPS) is 10.3. The molecule has 2 N–H and O–H groups in total. The molecule has 0 bridgehead atoms. The molecular formula is C22H24ClO3P. The number of hydrogen-bond donors (Lipinski definition) is 0. The van der Waals surface area contributed by atoms with Crippen LogP contribution < -0.4 is 28.3 Å². The summed E-state index contributed by atoms with van der Waals surface area (Å²) in [6.07, 6.45) is 0.374. The summed E-state index contributed by atoms with van der Waals surface area (Å²) in [5.41, 5.74) is 0. The third-order valence-electron chi connectivity index (χ3n) is 4.26. The van der Waals surface area contributed by atoms with Gasteiger partial charge in [0.2, 0.25) is 0 Å². The third-order valence-corrected chi connectivity index (χ3v) is 8.53. The van der Waals surface area contributed by atoms with Gasteiger partial charge in [-0.05, 0) is 43.3 Å². The van der Waals surface area contributed by atoms with E-state index in [-0.39, 0.29) is 23.9 Å². The van der Waals surface area contributed by atoms with Gasteiger partial charge in [0.15, 0.2) is 6.16 Å². The first-order valence-corrected chi connectivity index (χ1v) is 10.5. The Morgan fingerprint density at radius 1 is 0.741 bits per heavy atom. The summed E-state index contributed by atoms with van der Waals surface area (Å²) >= 11 is 0. The van der Waals surface area contributed by atoms with Crippen molar-refractivity contribution >= 4 is 29.1 Å². The average molecular weight is 403 g/mol. The van der Waals surface area contributed by atoms with E-state index in [1.165, 1.54) is 15.9 Å². The molecule has 0 heterocycles. The quantitative estimate of drug-likeness (QED) is 0.421. The smallest absolute Gasteiger partial charge is 0.345 e. The fourth-order valence-electron chi connectivity index (χ4n) is 3.17. The van der Waals surface area contributed by atoms with Crippen molar-refractivity contribution in [1.29, 1.82) is 0 Å². The molecule has 0 spiro atoms. The van der Waals surface area contributed by atoms with Crippen molar-refractivity contribution in [2.24, 2.45) is 0 Å². The van der Waals surface area contributed by atoms with E-state index in [9.17, 15) is 4.79 Å². The monoisotopic (exact) mass is 402 g/mol. The number of benzene rings is 3. The van der Waals surface area contributed by atoms with E-state index in [2.05, 4.69) is 36.4 Å². The molecule has 3 aromatic rings. The predicted octanol–water partition coefficient (Wildman–Crippen LogP) is -0.277. The van der Waals surface area contributed by atoms with Gasteiger partial charge in [-0.15, -0.1) is 0 Å². The molecule has 5 heteroatoms. The molecule has 0 saturated heterocycles. The van der Waals surface area contributed by atoms with Gasteiger partial charge in [0.25, 0.3) is 0 Å². The molecule has 0 saturated carbocycles. The van der Waals surface area contributed by atoms with Crippen LogP contribution in [0.15, 0.2) is 91.0 Å². The fourth-order valence-corrected chi connectivity index (χ4v) is 7.13. The van der Waals surface area contributed by atoms with Crippen LogP contribution in [0.1, 0.15) is 6.92 Å². The van der Waals surface area contributed by atoms with Gasteiger partial charge in [0.1, 0.15) is 23.2 Å². The van der Waals surface area contributed by atoms with Crippen molar-refractivity contribution in [1.82, 2.24) is 0 Å². The summed E-state index contributed by atoms with van der Waals surface area (Å²) in [5, 5.41) is 3.58. The van der Waals surface area contributed by atoms with Crippen LogP contribution >= 0.6 is 7.26 Å². The summed E-state index contributed by atoms with van der Waals surface area (Å²) in [6, 6.07) is 31.1. The van der Waals surface area contributed by atoms with Gasteiger partial charge in [-0.2, -0.15) is 0 Å². The molecule has 0 aromatic heterocycles. The highest BCUT2D eigenvalue weighted by Gasteiger charge is 2.47. The van der Waals surface area contributed by atoms with Crippen LogP contribution in [0.5, 0.6) is 0 Å². The Morgan fingerprint density at radius 2 is 1.07 bits per heavy atom. The molecule has 0 amide bonds. The van der Waals surface area contributed by atoms with Crippen LogP contribution in [0, 0.1) is 0 Å². The zero-order valence-electron chi connectivity index (χ0n) is 15.2. The lowest BCUT2D eigenvalue weighted by molar-refractivity contribution is -0.139. The van der Waals surface area contributed by atoms with Crippen LogP contribution in [-0.2, 0) is 9.53 Å². The summed E-state index contributed by atoms with van der Waals surface area (Å²) < 4.78 is 5.35. The van der Waals surface area contributed by atoms with E-state index >= 15 is 0 Å². The van der Waals surface area contributed by atoms with Gasteiger partial charge in [-0.3, -0.25) is 0 Å². The maximum Gasteiger partial charge on any atom is 0.345 e. The molecule has 0 aliphatic heterocycles. The van der Waals surface area contributed by atoms with E-state index in [1.54, 1.807) is 0 Å². The Balaban J connectivity index is 0.00000182. The first-order valence-electron chi connectivity index (χ1n) is 8.48. The van der Waals surface area contributed by atoms with E-state index in [1.807, 2.05) is 61.5 Å². The van der Waals surface area contributed by atoms with Gasteiger partial charge >= 0.3 is 5.97 Å². The highest BCUT2D eigenvalue weighted by Crippen LogP contribution is 2.55. The van der Waals surface area contributed by atoms with E-state index in [0.717, 1.165) is 0 Å². The van der Waals surface area contributed by atoms with Gasteiger partial charge in [0.05, 0.1) is 6.61 Å². The minimum atomic E-state index is -2.11. The summed E-state index contributed by atoms with van der Waals surface area (Å²) in [5.74, 6) is -0.146. The average Bonchev–Trinajstić information content (AvgIpc) is 2.68. The number of ether oxygens (including phenoxy) is 1. The van der Waals surface area contributed by atoms with Crippen molar-refractivity contribution in [3.63, 3.8) is 0 Å². The van der Waals surface area contributed by atoms with Crippen LogP contribution in [-0.4, -0.2) is 24.2 Å². The fraction of sp³-hybridized carbons (Fsp3) is 0.136. The summed E-state index contributed by atoms with van der Waals surface area (Å²) in [4.78, 5) is 12.6. The number of carbonyl (C=O) groups excluding carboxylic acids is 1. The van der Waals surface area contributed by atoms with Gasteiger partial charge in [0, 0.05) is 0 Å². The lowest BCUT2D eigenvalue weighted by atomic mass is 10.4. The Hall–Kier alpha value is -2.19. The Bertz CT molecular complexity index is 714.